The normalized spacial score (nSPS) is 7.50. The minimum Gasteiger partial charge on any atom is -0.450 e. The molecule has 0 saturated carbocycles. The molecule has 6 nitrogen and oxygen atoms in total. The van der Waals surface area contributed by atoms with Crippen molar-refractivity contribution in [1.82, 2.24) is 0 Å². The van der Waals surface area contributed by atoms with Crippen LogP contribution in [0.15, 0.2) is 0 Å². The molecule has 0 aromatic rings. The van der Waals surface area contributed by atoms with Gasteiger partial charge in [-0.1, -0.05) is 0 Å². The van der Waals surface area contributed by atoms with Crippen molar-refractivity contribution in [3.8, 4) is 0 Å². The fraction of sp³-hybridized carbons (Fsp3) is 0. The average molecular weight is 146 g/mol. The highest BCUT2D eigenvalue weighted by molar-refractivity contribution is 5.53. The summed E-state index contributed by atoms with van der Waals surface area (Å²) >= 11 is 0. The lowest BCUT2D eigenvalue weighted by molar-refractivity contribution is -1.63. The van der Waals surface area contributed by atoms with E-state index in [0.717, 1.165) is 0 Å². The largest absolute Gasteiger partial charge is 0.503 e. The van der Waals surface area contributed by atoms with E-state index in [4.69, 9.17) is 29.0 Å². The summed E-state index contributed by atoms with van der Waals surface area (Å²) < 4.78 is 24.0. The maximum Gasteiger partial charge on any atom is 0.503 e. The molecule has 0 aliphatic rings. The van der Waals surface area contributed by atoms with Crippen LogP contribution in [0.2, 0.25) is 0 Å². The molecule has 3 N–H and O–H groups in total. The Bertz CT molecular complexity index is 52.8. The van der Waals surface area contributed by atoms with Crippen LogP contribution in [-0.2, 0) is 0 Å². The molecule has 8 heavy (non-hydrogen) atoms. The number of carboxylic acid groups (broad SMARTS) is 2. The predicted octanol–water partition coefficient (Wildman–Crippen LogP) is -2.71. The van der Waals surface area contributed by atoms with Crippen molar-refractivity contribution in [3.63, 3.8) is 0 Å². The molecule has 0 amide bonds. The third-order valence-corrected chi connectivity index (χ3v) is 0. The Morgan fingerprint density at radius 3 is 1.38 bits per heavy atom. The Kier molecular flexibility index (Phi) is 8.39. The van der Waals surface area contributed by atoms with Gasteiger partial charge < -0.3 is 19.5 Å². The molecule has 0 aromatic carbocycles. The summed E-state index contributed by atoms with van der Waals surface area (Å²) in [5.41, 5.74) is 0. The molecule has 0 saturated heterocycles. The van der Waals surface area contributed by atoms with Gasteiger partial charge >= 0.3 is 6.16 Å². The van der Waals surface area contributed by atoms with Gasteiger partial charge in [0.25, 0.3) is 10.8 Å². The summed E-state index contributed by atoms with van der Waals surface area (Å²) in [6.07, 6.45) is -1.83. The second kappa shape index (κ2) is 6.44. The van der Waals surface area contributed by atoms with E-state index >= 15 is 0 Å². The number of halogens is 1. The second-order valence-corrected chi connectivity index (χ2v) is 0.886. The lowest BCUT2D eigenvalue weighted by atomic mass is 11.5. The Labute approximate surface area is 47.0 Å². The van der Waals surface area contributed by atoms with Gasteiger partial charge in [0.05, 0.1) is 0 Å². The number of hydrogen-bond donors (Lipinski definition) is 3. The number of carbonyl (C=O) groups is 1. The maximum absolute atomic E-state index is 8.56. The smallest absolute Gasteiger partial charge is 0.450 e. The van der Waals surface area contributed by atoms with E-state index in [1.807, 2.05) is 0 Å². The van der Waals surface area contributed by atoms with Crippen molar-refractivity contribution in [2.75, 3.05) is 0 Å². The van der Waals surface area contributed by atoms with Crippen molar-refractivity contribution < 1.29 is 39.8 Å². The predicted molar refractivity (Wildman–Crippen MR) is 12.9 cm³/mol. The molecule has 0 unspecified atom stereocenters. The van der Waals surface area contributed by atoms with E-state index in [1.54, 1.807) is 0 Å². The van der Waals surface area contributed by atoms with Crippen LogP contribution in [0.25, 0.3) is 0 Å². The van der Waals surface area contributed by atoms with E-state index in [0.29, 0.717) is 0 Å². The first-order valence-corrected chi connectivity index (χ1v) is 2.08. The van der Waals surface area contributed by atoms with Gasteiger partial charge in [-0.15, -0.1) is 0 Å². The second-order valence-electron chi connectivity index (χ2n) is 0.484. The first-order chi connectivity index (χ1) is 3.46. The van der Waals surface area contributed by atoms with Gasteiger partial charge in [-0.05, 0) is 0 Å². The van der Waals surface area contributed by atoms with Crippen molar-refractivity contribution in [2.24, 2.45) is 0 Å². The van der Waals surface area contributed by atoms with Gasteiger partial charge in [-0.3, -0.25) is 0 Å². The molecule has 0 aliphatic heterocycles. The molecule has 0 aliphatic carbocycles. The minimum absolute atomic E-state index is 1.83. The van der Waals surface area contributed by atoms with E-state index in [2.05, 4.69) is 0 Å². The van der Waals surface area contributed by atoms with Crippen molar-refractivity contribution >= 4 is 6.16 Å². The third kappa shape index (κ3) is 342. The molecule has 0 spiro atoms. The summed E-state index contributed by atoms with van der Waals surface area (Å²) in [5.74, 6) is 0. The Hall–Kier alpha value is -0.560. The molecule has 0 rings (SSSR count). The SMILES string of the molecule is O=C(O)O.[O-][Cl+2]([O-])O. The van der Waals surface area contributed by atoms with Gasteiger partial charge in [0, 0.05) is 4.66 Å². The summed E-state index contributed by atoms with van der Waals surface area (Å²) in [7, 11) is -2.60. The van der Waals surface area contributed by atoms with Crippen LogP contribution in [-0.4, -0.2) is 21.0 Å². The van der Waals surface area contributed by atoms with Gasteiger partial charge in [0.15, 0.2) is 0 Å². The zero-order valence-corrected chi connectivity index (χ0v) is 4.20. The quantitative estimate of drug-likeness (QED) is 0.341. The highest BCUT2D eigenvalue weighted by atomic mass is 35.6. The van der Waals surface area contributed by atoms with E-state index in [1.165, 1.54) is 0 Å². The summed E-state index contributed by atoms with van der Waals surface area (Å²) in [6.45, 7) is 0. The van der Waals surface area contributed by atoms with Crippen LogP contribution in [0.4, 0.5) is 4.79 Å². The van der Waals surface area contributed by atoms with Crippen LogP contribution in [0.5, 0.6) is 0 Å². The Balaban J connectivity index is 0. The van der Waals surface area contributed by atoms with E-state index in [9.17, 15) is 0 Å². The molecule has 0 heterocycles. The lowest BCUT2D eigenvalue weighted by Gasteiger charge is -1.72. The summed E-state index contributed by atoms with van der Waals surface area (Å²) in [6, 6.07) is 0. The Morgan fingerprint density at radius 2 is 1.38 bits per heavy atom. The van der Waals surface area contributed by atoms with Gasteiger partial charge in [-0.2, -0.15) is 0 Å². The first-order valence-electron chi connectivity index (χ1n) is 1.13. The number of rotatable bonds is 0. The van der Waals surface area contributed by atoms with Crippen LogP contribution in [0, 0.1) is 10.8 Å². The van der Waals surface area contributed by atoms with Gasteiger partial charge in [0.2, 0.25) is 0 Å². The van der Waals surface area contributed by atoms with E-state index in [-0.39, 0.29) is 0 Å². The van der Waals surface area contributed by atoms with Gasteiger partial charge in [0.1, 0.15) is 0 Å². The van der Waals surface area contributed by atoms with E-state index < -0.39 is 16.9 Å². The molecule has 0 bridgehead atoms. The zero-order chi connectivity index (χ0) is 7.15. The Morgan fingerprint density at radius 1 is 1.38 bits per heavy atom. The molecule has 7 heteroatoms. The first kappa shape index (κ1) is 10.4. The fourth-order valence-electron chi connectivity index (χ4n) is 0. The van der Waals surface area contributed by atoms with Crippen LogP contribution < -0.4 is 9.32 Å². The highest BCUT2D eigenvalue weighted by Crippen LogP contribution is 1.42. The standard InChI is InChI=1S/CH2O3.ClHO3/c2*2-1(3)4/h(H2,2,3,4);2H. The molecule has 0 atom stereocenters. The van der Waals surface area contributed by atoms with Crippen molar-refractivity contribution in [3.05, 3.63) is 0 Å². The van der Waals surface area contributed by atoms with Gasteiger partial charge in [-0.25, -0.2) is 4.79 Å². The average Bonchev–Trinajstić information content (AvgIpc) is 1.25. The molecule has 0 radical (unpaired) electrons. The third-order valence-electron chi connectivity index (χ3n) is 0. The summed E-state index contributed by atoms with van der Waals surface area (Å²) in [5, 5.41) is 13.9. The van der Waals surface area contributed by atoms with Crippen LogP contribution >= 0.6 is 0 Å². The molecular weight excluding hydrogens is 143 g/mol. The molecular formula is CH3ClO6. The lowest BCUT2D eigenvalue weighted by Crippen LogP contribution is -2.30. The molecule has 50 valence electrons. The van der Waals surface area contributed by atoms with Crippen molar-refractivity contribution in [2.45, 2.75) is 0 Å². The number of hydrogen-bond acceptors (Lipinski definition) is 4. The molecule has 0 fully saturated rings. The molecule has 0 aromatic heterocycles. The highest BCUT2D eigenvalue weighted by Gasteiger charge is 1.79. The topological polar surface area (TPSA) is 124 Å². The van der Waals surface area contributed by atoms with Crippen LogP contribution in [0.3, 0.4) is 0 Å². The maximum atomic E-state index is 8.56. The minimum atomic E-state index is -2.60. The van der Waals surface area contributed by atoms with Crippen molar-refractivity contribution in [1.29, 1.82) is 0 Å². The fourth-order valence-corrected chi connectivity index (χ4v) is 0. The van der Waals surface area contributed by atoms with Crippen LogP contribution in [0.1, 0.15) is 0 Å². The zero-order valence-electron chi connectivity index (χ0n) is 3.44. The summed E-state index contributed by atoms with van der Waals surface area (Å²) in [4.78, 5) is 8.56. The monoisotopic (exact) mass is 146 g/mol.